The van der Waals surface area contributed by atoms with Gasteiger partial charge in [-0.3, -0.25) is 5.32 Å². The smallest absolute Gasteiger partial charge is 0.411 e. The van der Waals surface area contributed by atoms with E-state index in [1.807, 2.05) is 6.07 Å². The van der Waals surface area contributed by atoms with Crippen LogP contribution in [0.2, 0.25) is 0 Å². The lowest BCUT2D eigenvalue weighted by Gasteiger charge is -2.07. The van der Waals surface area contributed by atoms with E-state index in [1.54, 1.807) is 37.3 Å². The average molecular weight is 340 g/mol. The second-order valence-electron chi connectivity index (χ2n) is 5.61. The predicted octanol–water partition coefficient (Wildman–Crippen LogP) is 4.49. The lowest BCUT2D eigenvalue weighted by Crippen LogP contribution is -2.11. The molecule has 1 amide bonds. The third-order valence-electron chi connectivity index (χ3n) is 3.51. The lowest BCUT2D eigenvalue weighted by atomic mass is 10.2. The highest BCUT2D eigenvalue weighted by molar-refractivity contribution is 5.80. The highest BCUT2D eigenvalue weighted by Gasteiger charge is 2.07. The van der Waals surface area contributed by atoms with E-state index in [9.17, 15) is 4.79 Å². The molecule has 0 aliphatic heterocycles. The van der Waals surface area contributed by atoms with Crippen molar-refractivity contribution < 1.29 is 14.6 Å². The van der Waals surface area contributed by atoms with Crippen molar-refractivity contribution in [1.82, 2.24) is 9.97 Å². The first-order valence-electron chi connectivity index (χ1n) is 8.10. The number of anilines is 1. The number of carbonyl (C=O) groups is 1. The van der Waals surface area contributed by atoms with Crippen LogP contribution in [0.3, 0.4) is 0 Å². The van der Waals surface area contributed by atoms with Gasteiger partial charge in [-0.25, -0.2) is 9.78 Å². The summed E-state index contributed by atoms with van der Waals surface area (Å²) < 4.78 is 5.49. The Hall–Kier alpha value is -3.14. The van der Waals surface area contributed by atoms with Crippen LogP contribution in [-0.4, -0.2) is 21.2 Å². The van der Waals surface area contributed by atoms with E-state index >= 15 is 0 Å². The van der Waals surface area contributed by atoms with E-state index < -0.39 is 6.09 Å². The van der Waals surface area contributed by atoms with E-state index in [4.69, 9.17) is 15.1 Å². The summed E-state index contributed by atoms with van der Waals surface area (Å²) in [6, 6.07) is 10.0. The molecule has 1 aromatic heterocycles. The zero-order chi connectivity index (χ0) is 18.1. The largest absolute Gasteiger partial charge is 0.465 e. The van der Waals surface area contributed by atoms with Gasteiger partial charge in [-0.2, -0.15) is 10.2 Å². The number of nitrogens with one attached hydrogen (secondary N) is 1. The van der Waals surface area contributed by atoms with Crippen LogP contribution in [0.1, 0.15) is 43.4 Å². The molecule has 1 fully saturated rings. The maximum absolute atomic E-state index is 10.6. The van der Waals surface area contributed by atoms with Gasteiger partial charge in [0.05, 0.1) is 11.6 Å². The third kappa shape index (κ3) is 6.47. The number of benzene rings is 1. The molecule has 1 aliphatic carbocycles. The first kappa shape index (κ1) is 18.2. The molecule has 25 heavy (non-hydrogen) atoms. The van der Waals surface area contributed by atoms with Gasteiger partial charge >= 0.3 is 6.09 Å². The normalized spacial score (nSPS) is 12.5. The molecular weight excluding hydrogens is 320 g/mol. The molecule has 7 heteroatoms. The lowest BCUT2D eigenvalue weighted by molar-refractivity contribution is 0.209. The first-order chi connectivity index (χ1) is 12.1. The highest BCUT2D eigenvalue weighted by Crippen LogP contribution is 2.21. The number of hydrogen-bond acceptors (Lipinski definition) is 5. The quantitative estimate of drug-likeness (QED) is 0.852. The minimum atomic E-state index is -1.25. The Morgan fingerprint density at radius 2 is 1.76 bits per heavy atom. The van der Waals surface area contributed by atoms with Crippen LogP contribution >= 0.6 is 0 Å². The van der Waals surface area contributed by atoms with E-state index in [0.29, 0.717) is 17.0 Å². The summed E-state index contributed by atoms with van der Waals surface area (Å²) in [7, 11) is 0. The SMILES string of the molecule is C1CCCC1.Cc1cc(Oc2ccc(C#N)cc2)nc(NC(=O)O)n1. The van der Waals surface area contributed by atoms with Gasteiger partial charge in [-0.15, -0.1) is 0 Å². The summed E-state index contributed by atoms with van der Waals surface area (Å²) in [4.78, 5) is 18.4. The number of nitriles is 1. The number of ether oxygens (including phenoxy) is 1. The van der Waals surface area contributed by atoms with Gasteiger partial charge in [0.1, 0.15) is 5.75 Å². The number of amides is 1. The molecule has 2 aromatic rings. The molecule has 1 aromatic carbocycles. The summed E-state index contributed by atoms with van der Waals surface area (Å²) >= 11 is 0. The zero-order valence-electron chi connectivity index (χ0n) is 14.0. The van der Waals surface area contributed by atoms with Crippen molar-refractivity contribution in [1.29, 1.82) is 5.26 Å². The van der Waals surface area contributed by atoms with E-state index in [-0.39, 0.29) is 11.8 Å². The van der Waals surface area contributed by atoms with Crippen LogP contribution in [0.5, 0.6) is 11.6 Å². The Kier molecular flexibility index (Phi) is 6.72. The molecule has 0 unspecified atom stereocenters. The predicted molar refractivity (Wildman–Crippen MR) is 92.7 cm³/mol. The number of aromatic nitrogens is 2. The van der Waals surface area contributed by atoms with Gasteiger partial charge in [0.15, 0.2) is 0 Å². The molecule has 2 N–H and O–H groups in total. The molecule has 7 nitrogen and oxygen atoms in total. The van der Waals surface area contributed by atoms with Crippen molar-refractivity contribution in [2.75, 3.05) is 5.32 Å². The number of nitrogens with zero attached hydrogens (tertiary/aromatic N) is 3. The molecule has 1 aliphatic rings. The fourth-order valence-corrected chi connectivity index (χ4v) is 2.35. The van der Waals surface area contributed by atoms with Crippen molar-refractivity contribution in [3.05, 3.63) is 41.6 Å². The monoisotopic (exact) mass is 340 g/mol. The van der Waals surface area contributed by atoms with Crippen molar-refractivity contribution in [2.45, 2.75) is 39.0 Å². The Bertz CT molecular complexity index is 742. The second kappa shape index (κ2) is 9.23. The highest BCUT2D eigenvalue weighted by atomic mass is 16.5. The van der Waals surface area contributed by atoms with Crippen LogP contribution in [-0.2, 0) is 0 Å². The molecule has 0 spiro atoms. The Labute approximate surface area is 146 Å². The van der Waals surface area contributed by atoms with Gasteiger partial charge in [-0.05, 0) is 31.2 Å². The van der Waals surface area contributed by atoms with Gasteiger partial charge in [0, 0.05) is 11.8 Å². The van der Waals surface area contributed by atoms with Crippen molar-refractivity contribution >= 4 is 12.0 Å². The molecule has 0 bridgehead atoms. The minimum Gasteiger partial charge on any atom is -0.465 e. The number of carboxylic acid groups (broad SMARTS) is 1. The molecular formula is C18H20N4O3. The summed E-state index contributed by atoms with van der Waals surface area (Å²) in [5, 5.41) is 19.4. The van der Waals surface area contributed by atoms with E-state index in [1.165, 1.54) is 32.1 Å². The van der Waals surface area contributed by atoms with Gasteiger partial charge in [-0.1, -0.05) is 32.1 Å². The average Bonchev–Trinajstić information content (AvgIpc) is 3.14. The fourth-order valence-electron chi connectivity index (χ4n) is 2.35. The summed E-state index contributed by atoms with van der Waals surface area (Å²) in [6.07, 6.45) is 6.25. The van der Waals surface area contributed by atoms with Crippen molar-refractivity contribution in [3.63, 3.8) is 0 Å². The summed E-state index contributed by atoms with van der Waals surface area (Å²) in [5.74, 6) is 0.649. The topological polar surface area (TPSA) is 108 Å². The molecule has 0 saturated heterocycles. The summed E-state index contributed by atoms with van der Waals surface area (Å²) in [6.45, 7) is 1.69. The third-order valence-corrected chi connectivity index (χ3v) is 3.51. The first-order valence-corrected chi connectivity index (χ1v) is 8.10. The maximum Gasteiger partial charge on any atom is 0.411 e. The van der Waals surface area contributed by atoms with Gasteiger partial charge < -0.3 is 9.84 Å². The van der Waals surface area contributed by atoms with Crippen LogP contribution < -0.4 is 10.1 Å². The maximum atomic E-state index is 10.6. The molecule has 1 heterocycles. The molecule has 130 valence electrons. The van der Waals surface area contributed by atoms with Crippen molar-refractivity contribution in [3.8, 4) is 17.7 Å². The Morgan fingerprint density at radius 1 is 1.16 bits per heavy atom. The number of aryl methyl sites for hydroxylation is 1. The summed E-state index contributed by atoms with van der Waals surface area (Å²) in [5.41, 5.74) is 1.08. The van der Waals surface area contributed by atoms with Crippen LogP contribution in [0, 0.1) is 18.3 Å². The van der Waals surface area contributed by atoms with E-state index in [2.05, 4.69) is 15.3 Å². The molecule has 0 radical (unpaired) electrons. The van der Waals surface area contributed by atoms with Crippen LogP contribution in [0.15, 0.2) is 30.3 Å². The van der Waals surface area contributed by atoms with Crippen LogP contribution in [0.25, 0.3) is 0 Å². The molecule has 1 saturated carbocycles. The minimum absolute atomic E-state index is 0.0545. The standard InChI is InChI=1S/C13H10N4O3.C5H10/c1-8-6-11(16-12(15-8)17-13(18)19)20-10-4-2-9(7-14)3-5-10;1-2-4-5-3-1/h2-6H,1H3,(H,18,19)(H,15,16,17);1-5H2. The zero-order valence-corrected chi connectivity index (χ0v) is 14.0. The fraction of sp³-hybridized carbons (Fsp3) is 0.333. The number of rotatable bonds is 3. The Morgan fingerprint density at radius 3 is 2.28 bits per heavy atom. The van der Waals surface area contributed by atoms with Crippen LogP contribution in [0.4, 0.5) is 10.7 Å². The second-order valence-corrected chi connectivity index (χ2v) is 5.61. The van der Waals surface area contributed by atoms with E-state index in [0.717, 1.165) is 0 Å². The van der Waals surface area contributed by atoms with Gasteiger partial charge in [0.2, 0.25) is 11.8 Å². The van der Waals surface area contributed by atoms with Gasteiger partial charge in [0.25, 0.3) is 0 Å². The number of hydrogen-bond donors (Lipinski definition) is 2. The Balaban J connectivity index is 0.000000386. The molecule has 3 rings (SSSR count). The van der Waals surface area contributed by atoms with Crippen molar-refractivity contribution in [2.24, 2.45) is 0 Å². The molecule has 0 atom stereocenters.